The average molecular weight is 469 g/mol. The smallest absolute Gasteiger partial charge is 0.252 e. The molecule has 2 heterocycles. The minimum atomic E-state index is -0.711. The number of benzene rings is 1. The zero-order chi connectivity index (χ0) is 24.2. The fraction of sp³-hybridized carbons (Fsp3) is 0.538. The predicted molar refractivity (Wildman–Crippen MR) is 135 cm³/mol. The molecular formula is C26H37FN6O. The summed E-state index contributed by atoms with van der Waals surface area (Å²) >= 11 is 0. The molecule has 2 aromatic rings. The summed E-state index contributed by atoms with van der Waals surface area (Å²) in [6.07, 6.45) is 6.57. The minimum absolute atomic E-state index is 0.0443. The first-order chi connectivity index (χ1) is 16.4. The highest BCUT2D eigenvalue weighted by Crippen LogP contribution is 2.32. The Bertz CT molecular complexity index is 990. The number of likely N-dealkylation sites (tertiary alicyclic amines) is 1. The lowest BCUT2D eigenvalue weighted by Gasteiger charge is -2.38. The summed E-state index contributed by atoms with van der Waals surface area (Å²) in [5.74, 6) is -0.190. The molecule has 1 aromatic heterocycles. The Balaban J connectivity index is 1.57. The molecule has 7 nitrogen and oxygen atoms in total. The number of likely N-dealkylation sites (N-methyl/N-ethyl adjacent to an activating group) is 2. The zero-order valence-corrected chi connectivity index (χ0v) is 20.5. The van der Waals surface area contributed by atoms with Crippen LogP contribution < -0.4 is 21.3 Å². The third-order valence-electron chi connectivity index (χ3n) is 7.52. The molecule has 0 bridgehead atoms. The topological polar surface area (TPSA) is 86.5 Å². The number of primary amides is 1. The zero-order valence-electron chi connectivity index (χ0n) is 20.5. The van der Waals surface area contributed by atoms with Crippen LogP contribution in [0.3, 0.4) is 0 Å². The fourth-order valence-corrected chi connectivity index (χ4v) is 5.40. The lowest BCUT2D eigenvalue weighted by Crippen LogP contribution is -2.50. The molecule has 184 valence electrons. The second kappa shape index (κ2) is 10.7. The highest BCUT2D eigenvalue weighted by molar-refractivity contribution is 5.98. The second-order valence-electron chi connectivity index (χ2n) is 9.74. The molecule has 0 radical (unpaired) electrons. The number of anilines is 3. The summed E-state index contributed by atoms with van der Waals surface area (Å²) in [5.41, 5.74) is 7.72. The van der Waals surface area contributed by atoms with E-state index in [9.17, 15) is 4.79 Å². The Morgan fingerprint density at radius 1 is 1.15 bits per heavy atom. The van der Waals surface area contributed by atoms with Gasteiger partial charge in [0.2, 0.25) is 0 Å². The van der Waals surface area contributed by atoms with Crippen molar-refractivity contribution in [1.82, 2.24) is 15.2 Å². The van der Waals surface area contributed by atoms with Gasteiger partial charge in [-0.1, -0.05) is 25.0 Å². The number of nitrogens with one attached hydrogen (secondary N) is 2. The van der Waals surface area contributed by atoms with E-state index in [1.54, 1.807) is 0 Å². The van der Waals surface area contributed by atoms with Crippen molar-refractivity contribution < 1.29 is 9.18 Å². The average Bonchev–Trinajstić information content (AvgIpc) is 2.85. The Morgan fingerprint density at radius 3 is 2.47 bits per heavy atom. The number of halogens is 1. The van der Waals surface area contributed by atoms with Crippen molar-refractivity contribution in [2.24, 2.45) is 5.73 Å². The molecule has 2 aliphatic rings. The van der Waals surface area contributed by atoms with Gasteiger partial charge in [0.25, 0.3) is 5.91 Å². The summed E-state index contributed by atoms with van der Waals surface area (Å²) in [6.45, 7) is 2.22. The maximum atomic E-state index is 15.1. The molecule has 1 saturated carbocycles. The number of carbonyl (C=O) groups is 1. The van der Waals surface area contributed by atoms with Gasteiger partial charge in [-0.25, -0.2) is 9.37 Å². The standard InChI is InChI=1S/C26H37FN6O/c1-29-22-6-4-5-7-23(22)33(3)26-21(27)16-20(24(28)34)25(31-26)30-19-10-8-17(9-11-19)18-12-14-32(2)15-13-18/h8-11,16,18,22-23,29H,4-7,12-15H2,1-3H3,(H2,28,34)(H,30,31). The molecule has 2 fully saturated rings. The van der Waals surface area contributed by atoms with Crippen LogP contribution >= 0.6 is 0 Å². The first-order valence-electron chi connectivity index (χ1n) is 12.3. The summed E-state index contributed by atoms with van der Waals surface area (Å²) in [4.78, 5) is 20.9. The molecule has 4 N–H and O–H groups in total. The molecule has 1 aliphatic carbocycles. The van der Waals surface area contributed by atoms with E-state index in [-0.39, 0.29) is 29.3 Å². The highest BCUT2D eigenvalue weighted by atomic mass is 19.1. The van der Waals surface area contributed by atoms with Gasteiger partial charge in [-0.05, 0) is 82.5 Å². The molecule has 1 aliphatic heterocycles. The molecule has 2 unspecified atom stereocenters. The van der Waals surface area contributed by atoms with Gasteiger partial charge in [-0.15, -0.1) is 0 Å². The number of rotatable bonds is 7. The number of aromatic nitrogens is 1. The maximum absolute atomic E-state index is 15.1. The van der Waals surface area contributed by atoms with E-state index in [4.69, 9.17) is 5.73 Å². The van der Waals surface area contributed by atoms with Gasteiger partial charge in [0.05, 0.1) is 5.56 Å². The van der Waals surface area contributed by atoms with Crippen LogP contribution in [0, 0.1) is 5.82 Å². The van der Waals surface area contributed by atoms with Crippen molar-refractivity contribution in [3.63, 3.8) is 0 Å². The lowest BCUT2D eigenvalue weighted by atomic mass is 9.89. The third-order valence-corrected chi connectivity index (χ3v) is 7.52. The van der Waals surface area contributed by atoms with Crippen molar-refractivity contribution in [1.29, 1.82) is 0 Å². The Labute approximate surface area is 201 Å². The normalized spacial score (nSPS) is 21.9. The quantitative estimate of drug-likeness (QED) is 0.572. The highest BCUT2D eigenvalue weighted by Gasteiger charge is 2.30. The number of amides is 1. The second-order valence-corrected chi connectivity index (χ2v) is 9.74. The van der Waals surface area contributed by atoms with Crippen LogP contribution in [0.5, 0.6) is 0 Å². The van der Waals surface area contributed by atoms with Gasteiger partial charge in [-0.2, -0.15) is 0 Å². The van der Waals surface area contributed by atoms with Gasteiger partial charge in [-0.3, -0.25) is 4.79 Å². The summed E-state index contributed by atoms with van der Waals surface area (Å²) < 4.78 is 15.1. The Morgan fingerprint density at radius 2 is 1.82 bits per heavy atom. The summed E-state index contributed by atoms with van der Waals surface area (Å²) in [6, 6.07) is 9.82. The monoisotopic (exact) mass is 468 g/mol. The van der Waals surface area contributed by atoms with E-state index in [0.717, 1.165) is 57.3 Å². The lowest BCUT2D eigenvalue weighted by molar-refractivity contribution is 0.100. The first kappa shape index (κ1) is 24.4. The van der Waals surface area contributed by atoms with E-state index >= 15 is 4.39 Å². The largest absolute Gasteiger partial charge is 0.365 e. The van der Waals surface area contributed by atoms with E-state index in [0.29, 0.717) is 5.92 Å². The molecule has 1 amide bonds. The molecule has 1 aromatic carbocycles. The number of hydrogen-bond acceptors (Lipinski definition) is 6. The molecule has 8 heteroatoms. The number of hydrogen-bond donors (Lipinski definition) is 3. The van der Waals surface area contributed by atoms with E-state index in [2.05, 4.69) is 39.7 Å². The third kappa shape index (κ3) is 5.33. The number of nitrogens with zero attached hydrogens (tertiary/aromatic N) is 3. The first-order valence-corrected chi connectivity index (χ1v) is 12.3. The van der Waals surface area contributed by atoms with E-state index in [1.165, 1.54) is 11.6 Å². The molecule has 0 spiro atoms. The van der Waals surface area contributed by atoms with Crippen LogP contribution in [0.2, 0.25) is 0 Å². The van der Waals surface area contributed by atoms with Gasteiger partial charge in [0.1, 0.15) is 5.82 Å². The van der Waals surface area contributed by atoms with Crippen molar-refractivity contribution in [2.45, 2.75) is 56.5 Å². The number of piperidine rings is 1. The summed E-state index contributed by atoms with van der Waals surface area (Å²) in [7, 11) is 5.98. The van der Waals surface area contributed by atoms with Crippen LogP contribution in [0.15, 0.2) is 30.3 Å². The van der Waals surface area contributed by atoms with Crippen LogP contribution in [-0.2, 0) is 0 Å². The molecular weight excluding hydrogens is 431 g/mol. The van der Waals surface area contributed by atoms with Crippen molar-refractivity contribution in [3.8, 4) is 0 Å². The SMILES string of the molecule is CNC1CCCCC1N(C)c1nc(Nc2ccc(C3CCN(C)CC3)cc2)c(C(N)=O)cc1F. The molecule has 4 rings (SSSR count). The maximum Gasteiger partial charge on any atom is 0.252 e. The molecule has 2 atom stereocenters. The fourth-order valence-electron chi connectivity index (χ4n) is 5.40. The van der Waals surface area contributed by atoms with Gasteiger partial charge >= 0.3 is 0 Å². The Hall–Kier alpha value is -2.71. The number of pyridine rings is 1. The minimum Gasteiger partial charge on any atom is -0.365 e. The predicted octanol–water partition coefficient (Wildman–Crippen LogP) is 3.84. The van der Waals surface area contributed by atoms with Gasteiger partial charge < -0.3 is 26.2 Å². The summed E-state index contributed by atoms with van der Waals surface area (Å²) in [5, 5.41) is 6.57. The van der Waals surface area contributed by atoms with Crippen molar-refractivity contribution in [2.75, 3.05) is 44.4 Å². The van der Waals surface area contributed by atoms with Crippen LogP contribution in [0.25, 0.3) is 0 Å². The Kier molecular flexibility index (Phi) is 7.68. The molecule has 34 heavy (non-hydrogen) atoms. The number of carbonyl (C=O) groups excluding carboxylic acids is 1. The van der Waals surface area contributed by atoms with Crippen LogP contribution in [0.4, 0.5) is 21.7 Å². The van der Waals surface area contributed by atoms with E-state index in [1.807, 2.05) is 31.1 Å². The molecule has 1 saturated heterocycles. The van der Waals surface area contributed by atoms with Crippen molar-refractivity contribution in [3.05, 3.63) is 47.3 Å². The van der Waals surface area contributed by atoms with E-state index < -0.39 is 11.7 Å². The van der Waals surface area contributed by atoms with Crippen molar-refractivity contribution >= 4 is 23.2 Å². The van der Waals surface area contributed by atoms with Gasteiger partial charge in [0, 0.05) is 24.8 Å². The van der Waals surface area contributed by atoms with Gasteiger partial charge in [0.15, 0.2) is 11.6 Å². The van der Waals surface area contributed by atoms with Crippen LogP contribution in [-0.4, -0.2) is 62.1 Å². The van der Waals surface area contributed by atoms with Crippen LogP contribution in [0.1, 0.15) is 60.4 Å². The number of nitrogens with two attached hydrogens (primary N) is 1.